The highest BCUT2D eigenvalue weighted by molar-refractivity contribution is 5.88. The van der Waals surface area contributed by atoms with Crippen LogP contribution in [0.5, 0.6) is 0 Å². The molecule has 0 bridgehead atoms. The summed E-state index contributed by atoms with van der Waals surface area (Å²) in [4.78, 5) is 27.1. The van der Waals surface area contributed by atoms with Crippen molar-refractivity contribution in [3.8, 4) is 5.82 Å². The van der Waals surface area contributed by atoms with Gasteiger partial charge in [-0.2, -0.15) is 15.2 Å². The molecule has 4 aromatic heterocycles. The number of anilines is 3. The van der Waals surface area contributed by atoms with E-state index in [2.05, 4.69) is 40.9 Å². The maximum atomic E-state index is 13.5. The second kappa shape index (κ2) is 10.1. The molecule has 15 heteroatoms. The Morgan fingerprint density at radius 1 is 1.21 bits per heavy atom. The zero-order valence-corrected chi connectivity index (χ0v) is 20.3. The second-order valence-corrected chi connectivity index (χ2v) is 8.70. The molecule has 1 aliphatic rings. The van der Waals surface area contributed by atoms with Gasteiger partial charge in [-0.3, -0.25) is 9.89 Å². The van der Waals surface area contributed by atoms with Crippen LogP contribution in [0.3, 0.4) is 0 Å². The quantitative estimate of drug-likeness (QED) is 0.299. The van der Waals surface area contributed by atoms with Crippen molar-refractivity contribution >= 4 is 23.5 Å². The highest BCUT2D eigenvalue weighted by Crippen LogP contribution is 2.31. The number of amides is 1. The Morgan fingerprint density at radius 2 is 2.03 bits per heavy atom. The van der Waals surface area contributed by atoms with Gasteiger partial charge in [0.05, 0.1) is 25.5 Å². The second-order valence-electron chi connectivity index (χ2n) is 8.70. The fourth-order valence-electron chi connectivity index (χ4n) is 3.89. The van der Waals surface area contributed by atoms with Crippen LogP contribution < -0.4 is 15.5 Å². The lowest BCUT2D eigenvalue weighted by atomic mass is 9.93. The molecule has 12 nitrogen and oxygen atoms in total. The average Bonchev–Trinajstić information content (AvgIpc) is 3.50. The van der Waals surface area contributed by atoms with Crippen LogP contribution in [-0.2, 0) is 16.1 Å². The molecule has 198 valence electrons. The van der Waals surface area contributed by atoms with Crippen molar-refractivity contribution in [3.63, 3.8) is 0 Å². The van der Waals surface area contributed by atoms with Crippen molar-refractivity contribution in [3.05, 3.63) is 65.6 Å². The molecule has 0 atom stereocenters. The van der Waals surface area contributed by atoms with Crippen molar-refractivity contribution in [1.82, 2.24) is 40.2 Å². The van der Waals surface area contributed by atoms with E-state index < -0.39 is 23.5 Å². The molecule has 0 unspecified atom stereocenters. The number of ether oxygens (including phenoxy) is 1. The number of aryl methyl sites for hydroxylation is 1. The molecule has 5 rings (SSSR count). The first-order valence-corrected chi connectivity index (χ1v) is 11.4. The minimum Gasteiger partial charge on any atom is -0.365 e. The number of alkyl halides is 2. The predicted octanol–water partition coefficient (Wildman–Crippen LogP) is 2.43. The van der Waals surface area contributed by atoms with Crippen molar-refractivity contribution in [1.29, 1.82) is 0 Å². The first-order chi connectivity index (χ1) is 18.2. The van der Waals surface area contributed by atoms with Crippen LogP contribution in [0.4, 0.5) is 30.8 Å². The van der Waals surface area contributed by atoms with Gasteiger partial charge in [-0.25, -0.2) is 27.8 Å². The number of nitrogens with one attached hydrogen (secondary N) is 3. The number of carbonyl (C=O) groups excluding carboxylic acids is 1. The smallest absolute Gasteiger partial charge is 0.280 e. The number of nitrogens with zero attached hydrogens (tertiary/aromatic N) is 7. The molecular weight excluding hydrogens is 505 g/mol. The molecule has 0 aliphatic carbocycles. The fraction of sp³-hybridized carbons (Fsp3) is 0.304. The van der Waals surface area contributed by atoms with Crippen LogP contribution in [0.15, 0.2) is 42.9 Å². The summed E-state index contributed by atoms with van der Waals surface area (Å²) in [6.45, 7) is 2.09. The Labute approximate surface area is 214 Å². The normalized spacial score (nSPS) is 14.4. The van der Waals surface area contributed by atoms with Crippen molar-refractivity contribution in [2.45, 2.75) is 25.5 Å². The Morgan fingerprint density at radius 3 is 2.63 bits per heavy atom. The number of pyridine rings is 1. The molecule has 0 saturated carbocycles. The number of methoxy groups -OCH3 is 1. The van der Waals surface area contributed by atoms with Gasteiger partial charge in [0.15, 0.2) is 23.1 Å². The third-order valence-electron chi connectivity index (χ3n) is 5.95. The van der Waals surface area contributed by atoms with E-state index in [1.165, 1.54) is 18.0 Å². The molecule has 4 aromatic rings. The van der Waals surface area contributed by atoms with Gasteiger partial charge >= 0.3 is 0 Å². The summed E-state index contributed by atoms with van der Waals surface area (Å²) in [7, 11) is 1.40. The fourth-order valence-corrected chi connectivity index (χ4v) is 3.89. The first kappa shape index (κ1) is 25.1. The van der Waals surface area contributed by atoms with Gasteiger partial charge in [-0.15, -0.1) is 0 Å². The first-order valence-electron chi connectivity index (χ1n) is 11.4. The Kier molecular flexibility index (Phi) is 6.67. The molecule has 1 aliphatic heterocycles. The lowest BCUT2D eigenvalue weighted by Gasteiger charge is -2.47. The van der Waals surface area contributed by atoms with Crippen molar-refractivity contribution < 1.29 is 22.7 Å². The summed E-state index contributed by atoms with van der Waals surface area (Å²) in [6, 6.07) is 6.23. The van der Waals surface area contributed by atoms with E-state index >= 15 is 0 Å². The summed E-state index contributed by atoms with van der Waals surface area (Å²) in [5.41, 5.74) is -0.182. The molecule has 1 saturated heterocycles. The highest BCUT2D eigenvalue weighted by Gasteiger charge is 2.51. The van der Waals surface area contributed by atoms with E-state index in [1.54, 1.807) is 36.2 Å². The monoisotopic (exact) mass is 528 g/mol. The van der Waals surface area contributed by atoms with Crippen LogP contribution in [0.2, 0.25) is 0 Å². The predicted molar refractivity (Wildman–Crippen MR) is 129 cm³/mol. The van der Waals surface area contributed by atoms with E-state index in [0.717, 1.165) is 18.0 Å². The number of rotatable bonds is 9. The van der Waals surface area contributed by atoms with Gasteiger partial charge in [0, 0.05) is 37.7 Å². The van der Waals surface area contributed by atoms with Gasteiger partial charge in [0.25, 0.3) is 12.3 Å². The standard InChI is InChI=1S/C23H23F3N10O2/c1-13-5-18(34-33-13)31-17-6-16(20(25)26)30-22(32-17)35-11-23(12-35,38-2)21(37)28-8-14-3-4-19(27-7-14)36-10-15(24)9-29-36/h3-7,9-10,20H,8,11-12H2,1-2H3,(H,28,37)(H2,30,31,32,33,34). The van der Waals surface area contributed by atoms with E-state index in [-0.39, 0.29) is 37.3 Å². The minimum atomic E-state index is -2.82. The molecule has 3 N–H and O–H groups in total. The molecular formula is C23H23F3N10O2. The number of H-pyrrole nitrogens is 1. The van der Waals surface area contributed by atoms with E-state index in [4.69, 9.17) is 4.74 Å². The maximum absolute atomic E-state index is 13.5. The molecule has 0 spiro atoms. The number of halogens is 3. The molecule has 38 heavy (non-hydrogen) atoms. The Bertz CT molecular complexity index is 1430. The molecule has 1 fully saturated rings. The number of aromatic nitrogens is 7. The zero-order chi connectivity index (χ0) is 26.9. The zero-order valence-electron chi connectivity index (χ0n) is 20.3. The third-order valence-corrected chi connectivity index (χ3v) is 5.95. The van der Waals surface area contributed by atoms with Gasteiger partial charge in [0.2, 0.25) is 5.95 Å². The van der Waals surface area contributed by atoms with Crippen LogP contribution in [0.25, 0.3) is 5.82 Å². The van der Waals surface area contributed by atoms with Gasteiger partial charge in [-0.1, -0.05) is 6.07 Å². The summed E-state index contributed by atoms with van der Waals surface area (Å²) >= 11 is 0. The lowest BCUT2D eigenvalue weighted by molar-refractivity contribution is -0.146. The number of aromatic amines is 1. The summed E-state index contributed by atoms with van der Waals surface area (Å²) in [5.74, 6) is 0.159. The number of carbonyl (C=O) groups is 1. The molecule has 5 heterocycles. The van der Waals surface area contributed by atoms with Crippen molar-refractivity contribution in [2.24, 2.45) is 0 Å². The highest BCUT2D eigenvalue weighted by atomic mass is 19.3. The Balaban J connectivity index is 1.23. The van der Waals surface area contributed by atoms with Gasteiger partial charge in [-0.05, 0) is 18.6 Å². The minimum absolute atomic E-state index is 0.0351. The largest absolute Gasteiger partial charge is 0.365 e. The topological polar surface area (TPSA) is 139 Å². The van der Waals surface area contributed by atoms with Crippen LogP contribution in [0, 0.1) is 12.7 Å². The average molecular weight is 528 g/mol. The lowest BCUT2D eigenvalue weighted by Crippen LogP contribution is -2.70. The Hall–Kier alpha value is -4.53. The van der Waals surface area contributed by atoms with E-state index in [0.29, 0.717) is 17.2 Å². The third kappa shape index (κ3) is 5.13. The van der Waals surface area contributed by atoms with Crippen LogP contribution in [0.1, 0.15) is 23.4 Å². The van der Waals surface area contributed by atoms with Crippen LogP contribution >= 0.6 is 0 Å². The summed E-state index contributed by atoms with van der Waals surface area (Å²) in [5, 5.41) is 16.3. The van der Waals surface area contributed by atoms with Gasteiger partial charge in [0.1, 0.15) is 11.5 Å². The number of hydrogen-bond donors (Lipinski definition) is 3. The van der Waals surface area contributed by atoms with Gasteiger partial charge < -0.3 is 20.3 Å². The van der Waals surface area contributed by atoms with E-state index in [9.17, 15) is 18.0 Å². The summed E-state index contributed by atoms with van der Waals surface area (Å²) in [6.07, 6.45) is 1.00. The number of hydrogen-bond acceptors (Lipinski definition) is 9. The molecule has 0 radical (unpaired) electrons. The van der Waals surface area contributed by atoms with Crippen molar-refractivity contribution in [2.75, 3.05) is 30.4 Å². The molecule has 0 aromatic carbocycles. The molecule has 1 amide bonds. The van der Waals surface area contributed by atoms with E-state index in [1.807, 2.05) is 0 Å². The summed E-state index contributed by atoms with van der Waals surface area (Å²) < 4.78 is 47.0. The SMILES string of the molecule is COC1(C(=O)NCc2ccc(-n3cc(F)cn3)nc2)CN(c2nc(Nc3cc(C)[nH]n3)cc(C(F)F)n2)C1. The maximum Gasteiger partial charge on any atom is 0.280 e. The van der Waals surface area contributed by atoms with Crippen LogP contribution in [-0.4, -0.2) is 66.6 Å².